The summed E-state index contributed by atoms with van der Waals surface area (Å²) >= 11 is 6.45. The van der Waals surface area contributed by atoms with Crippen LogP contribution in [0, 0.1) is 11.3 Å². The second-order valence-electron chi connectivity index (χ2n) is 6.60. The molecular formula is C24H22ClNO2. The molecule has 0 spiro atoms. The number of hydrogen-bond donors (Lipinski definition) is 0. The summed E-state index contributed by atoms with van der Waals surface area (Å²) in [7, 11) is 1.58. The molecule has 0 aliphatic carbocycles. The van der Waals surface area contributed by atoms with E-state index in [0.717, 1.165) is 28.3 Å². The highest BCUT2D eigenvalue weighted by Gasteiger charge is 2.14. The molecule has 3 nitrogen and oxygen atoms in total. The maximum absolute atomic E-state index is 9.71. The fourth-order valence-corrected chi connectivity index (χ4v) is 3.19. The molecule has 0 unspecified atom stereocenters. The minimum absolute atomic E-state index is 0.0278. The number of ether oxygens (including phenoxy) is 2. The van der Waals surface area contributed by atoms with E-state index in [2.05, 4.69) is 12.1 Å². The van der Waals surface area contributed by atoms with Gasteiger partial charge in [-0.15, -0.1) is 0 Å². The summed E-state index contributed by atoms with van der Waals surface area (Å²) in [6.45, 7) is 4.03. The van der Waals surface area contributed by atoms with E-state index in [-0.39, 0.29) is 6.10 Å². The van der Waals surface area contributed by atoms with Crippen molar-refractivity contribution < 1.29 is 9.47 Å². The smallest absolute Gasteiger partial charge is 0.180 e. The van der Waals surface area contributed by atoms with Crippen molar-refractivity contribution >= 4 is 34.0 Å². The third-order valence-corrected chi connectivity index (χ3v) is 4.92. The summed E-state index contributed by atoms with van der Waals surface area (Å²) in [4.78, 5) is 0. The first-order valence-electron chi connectivity index (χ1n) is 9.20. The van der Waals surface area contributed by atoms with Gasteiger partial charge in [0.05, 0.1) is 29.9 Å². The van der Waals surface area contributed by atoms with Crippen LogP contribution in [0.15, 0.2) is 54.6 Å². The zero-order valence-electron chi connectivity index (χ0n) is 16.2. The molecule has 0 aromatic heterocycles. The minimum atomic E-state index is 0.0278. The molecule has 0 bridgehead atoms. The number of methoxy groups -OCH3 is 1. The first-order chi connectivity index (χ1) is 13.5. The number of halogens is 1. The summed E-state index contributed by atoms with van der Waals surface area (Å²) in [6.07, 6.45) is 2.70. The van der Waals surface area contributed by atoms with Gasteiger partial charge in [-0.05, 0) is 59.5 Å². The molecule has 0 saturated carbocycles. The van der Waals surface area contributed by atoms with Crippen LogP contribution < -0.4 is 9.47 Å². The SMILES string of the molecule is CC[C@H](C)Oc1c(Cl)cc(/C=C(/C#N)c2ccc3ccccc3c2)cc1OC. The normalized spacial score (nSPS) is 12.5. The topological polar surface area (TPSA) is 42.2 Å². The van der Waals surface area contributed by atoms with Crippen LogP contribution in [0.1, 0.15) is 31.4 Å². The van der Waals surface area contributed by atoms with Gasteiger partial charge in [-0.3, -0.25) is 0 Å². The van der Waals surface area contributed by atoms with Crippen LogP contribution in [-0.2, 0) is 0 Å². The van der Waals surface area contributed by atoms with Crippen LogP contribution in [0.2, 0.25) is 5.02 Å². The Balaban J connectivity index is 2.02. The largest absolute Gasteiger partial charge is 0.493 e. The molecule has 0 N–H and O–H groups in total. The molecule has 0 heterocycles. The number of allylic oxidation sites excluding steroid dienone is 1. The quantitative estimate of drug-likeness (QED) is 0.345. The van der Waals surface area contributed by atoms with E-state index in [1.54, 1.807) is 13.2 Å². The van der Waals surface area contributed by atoms with Gasteiger partial charge in [-0.1, -0.05) is 54.9 Å². The first kappa shape index (κ1) is 19.8. The van der Waals surface area contributed by atoms with Crippen LogP contribution in [0.3, 0.4) is 0 Å². The maximum atomic E-state index is 9.71. The first-order valence-corrected chi connectivity index (χ1v) is 9.58. The van der Waals surface area contributed by atoms with Crippen molar-refractivity contribution in [2.75, 3.05) is 7.11 Å². The van der Waals surface area contributed by atoms with Crippen LogP contribution in [0.5, 0.6) is 11.5 Å². The Morgan fingerprint density at radius 2 is 1.89 bits per heavy atom. The van der Waals surface area contributed by atoms with Crippen molar-refractivity contribution in [1.82, 2.24) is 0 Å². The molecule has 3 aromatic carbocycles. The molecule has 0 fully saturated rings. The molecule has 0 radical (unpaired) electrons. The Bertz CT molecular complexity index is 1070. The van der Waals surface area contributed by atoms with E-state index in [9.17, 15) is 5.26 Å². The van der Waals surface area contributed by atoms with Crippen LogP contribution in [0.25, 0.3) is 22.4 Å². The van der Waals surface area contributed by atoms with Crippen LogP contribution in [-0.4, -0.2) is 13.2 Å². The van der Waals surface area contributed by atoms with Gasteiger partial charge in [0.2, 0.25) is 0 Å². The molecule has 0 saturated heterocycles. The van der Waals surface area contributed by atoms with Gasteiger partial charge in [-0.25, -0.2) is 0 Å². The van der Waals surface area contributed by atoms with Crippen molar-refractivity contribution in [3.05, 3.63) is 70.7 Å². The van der Waals surface area contributed by atoms with Crippen molar-refractivity contribution in [3.63, 3.8) is 0 Å². The highest BCUT2D eigenvalue weighted by Crippen LogP contribution is 2.38. The van der Waals surface area contributed by atoms with E-state index in [1.807, 2.05) is 62.4 Å². The van der Waals surface area contributed by atoms with Crippen molar-refractivity contribution in [1.29, 1.82) is 5.26 Å². The Morgan fingerprint density at radius 3 is 2.57 bits per heavy atom. The van der Waals surface area contributed by atoms with Gasteiger partial charge in [0.15, 0.2) is 11.5 Å². The number of nitriles is 1. The van der Waals surface area contributed by atoms with E-state index < -0.39 is 0 Å². The standard InChI is InChI=1S/C24H22ClNO2/c1-4-16(2)28-24-22(25)12-17(13-23(24)27-3)11-21(15-26)20-10-9-18-7-5-6-8-19(18)14-20/h5-14,16H,4H2,1-3H3/b21-11-/t16-/m0/s1. The Kier molecular flexibility index (Phi) is 6.23. The number of nitrogens with zero attached hydrogens (tertiary/aromatic N) is 1. The van der Waals surface area contributed by atoms with Crippen molar-refractivity contribution in [3.8, 4) is 17.6 Å². The molecule has 28 heavy (non-hydrogen) atoms. The lowest BCUT2D eigenvalue weighted by Crippen LogP contribution is -2.11. The predicted octanol–water partition coefficient (Wildman–Crippen LogP) is 6.74. The van der Waals surface area contributed by atoms with E-state index in [4.69, 9.17) is 21.1 Å². The third-order valence-electron chi connectivity index (χ3n) is 4.64. The van der Waals surface area contributed by atoms with Gasteiger partial charge < -0.3 is 9.47 Å². The zero-order valence-corrected chi connectivity index (χ0v) is 17.0. The average molecular weight is 392 g/mol. The molecule has 4 heteroatoms. The van der Waals surface area contributed by atoms with Crippen molar-refractivity contribution in [2.24, 2.45) is 0 Å². The molecule has 3 rings (SSSR count). The third kappa shape index (κ3) is 4.30. The maximum Gasteiger partial charge on any atom is 0.180 e. The average Bonchev–Trinajstić information content (AvgIpc) is 2.73. The molecule has 0 amide bonds. The van der Waals surface area contributed by atoms with Gasteiger partial charge in [0, 0.05) is 0 Å². The van der Waals surface area contributed by atoms with Crippen LogP contribution in [0.4, 0.5) is 0 Å². The Labute approximate surface area is 170 Å². The van der Waals surface area contributed by atoms with Gasteiger partial charge in [-0.2, -0.15) is 5.26 Å². The molecule has 3 aromatic rings. The van der Waals surface area contributed by atoms with E-state index in [0.29, 0.717) is 22.1 Å². The summed E-state index contributed by atoms with van der Waals surface area (Å²) in [5.74, 6) is 1.08. The second-order valence-corrected chi connectivity index (χ2v) is 7.01. The highest BCUT2D eigenvalue weighted by atomic mass is 35.5. The van der Waals surface area contributed by atoms with Gasteiger partial charge in [0.25, 0.3) is 0 Å². The summed E-state index contributed by atoms with van der Waals surface area (Å²) in [5.41, 5.74) is 2.19. The summed E-state index contributed by atoms with van der Waals surface area (Å²) in [5, 5.41) is 12.4. The second kappa shape index (κ2) is 8.82. The molecular weight excluding hydrogens is 370 g/mol. The molecule has 0 aliphatic rings. The Morgan fingerprint density at radius 1 is 1.14 bits per heavy atom. The highest BCUT2D eigenvalue weighted by molar-refractivity contribution is 6.32. The zero-order chi connectivity index (χ0) is 20.1. The molecule has 0 aliphatic heterocycles. The lowest BCUT2D eigenvalue weighted by molar-refractivity contribution is 0.208. The summed E-state index contributed by atoms with van der Waals surface area (Å²) in [6, 6.07) is 20.0. The predicted molar refractivity (Wildman–Crippen MR) is 116 cm³/mol. The lowest BCUT2D eigenvalue weighted by Gasteiger charge is -2.17. The van der Waals surface area contributed by atoms with Gasteiger partial charge >= 0.3 is 0 Å². The van der Waals surface area contributed by atoms with E-state index >= 15 is 0 Å². The fraction of sp³-hybridized carbons (Fsp3) is 0.208. The number of benzene rings is 3. The minimum Gasteiger partial charge on any atom is -0.493 e. The number of hydrogen-bond acceptors (Lipinski definition) is 3. The lowest BCUT2D eigenvalue weighted by atomic mass is 10.00. The van der Waals surface area contributed by atoms with Gasteiger partial charge in [0.1, 0.15) is 0 Å². The van der Waals surface area contributed by atoms with Crippen molar-refractivity contribution in [2.45, 2.75) is 26.4 Å². The molecule has 1 atom stereocenters. The monoisotopic (exact) mass is 391 g/mol. The van der Waals surface area contributed by atoms with E-state index in [1.165, 1.54) is 0 Å². The molecule has 142 valence electrons. The Hall–Kier alpha value is -2.96. The number of fused-ring (bicyclic) bond motifs is 1. The summed E-state index contributed by atoms with van der Waals surface area (Å²) < 4.78 is 11.4. The van der Waals surface area contributed by atoms with Crippen LogP contribution >= 0.6 is 11.6 Å². The fourth-order valence-electron chi connectivity index (χ4n) is 2.93. The number of rotatable bonds is 6.